The van der Waals surface area contributed by atoms with E-state index < -0.39 is 0 Å². The van der Waals surface area contributed by atoms with E-state index in [0.29, 0.717) is 5.02 Å². The number of aliphatic hydroxyl groups excluding tert-OH is 1. The van der Waals surface area contributed by atoms with Gasteiger partial charge in [0.25, 0.3) is 0 Å². The first-order chi connectivity index (χ1) is 7.81. The summed E-state index contributed by atoms with van der Waals surface area (Å²) in [7, 11) is 0. The number of aliphatic hydroxyl groups is 1. The third-order valence-electron chi connectivity index (χ3n) is 2.14. The molecule has 0 bridgehead atoms. The Kier molecular flexibility index (Phi) is 3.77. The van der Waals surface area contributed by atoms with Crippen molar-refractivity contribution in [2.45, 2.75) is 6.04 Å². The first kappa shape index (κ1) is 11.4. The zero-order valence-electron chi connectivity index (χ0n) is 8.43. The Morgan fingerprint density at radius 1 is 1.44 bits per heavy atom. The van der Waals surface area contributed by atoms with Crippen molar-refractivity contribution in [1.82, 2.24) is 4.98 Å². The number of para-hydroxylation sites is 1. The number of anilines is 1. The molecule has 1 unspecified atom stereocenters. The van der Waals surface area contributed by atoms with Crippen LogP contribution in [0.15, 0.2) is 35.8 Å². The monoisotopic (exact) mass is 254 g/mol. The minimum atomic E-state index is -0.208. The Bertz CT molecular complexity index is 447. The molecule has 84 valence electrons. The Morgan fingerprint density at radius 3 is 2.88 bits per heavy atom. The molecule has 0 aliphatic heterocycles. The smallest absolute Gasteiger partial charge is 0.117 e. The molecule has 2 N–H and O–H groups in total. The quantitative estimate of drug-likeness (QED) is 0.882. The summed E-state index contributed by atoms with van der Waals surface area (Å²) < 4.78 is 0. The van der Waals surface area contributed by atoms with Gasteiger partial charge in [0.1, 0.15) is 11.0 Å². The number of halogens is 1. The van der Waals surface area contributed by atoms with Crippen molar-refractivity contribution < 1.29 is 5.11 Å². The lowest BCUT2D eigenvalue weighted by molar-refractivity contribution is 0.276. The first-order valence-electron chi connectivity index (χ1n) is 4.82. The molecule has 0 saturated heterocycles. The Morgan fingerprint density at radius 2 is 2.25 bits per heavy atom. The van der Waals surface area contributed by atoms with Crippen LogP contribution in [0.5, 0.6) is 0 Å². The molecular formula is C11H11ClN2OS. The van der Waals surface area contributed by atoms with Crippen LogP contribution in [0, 0.1) is 0 Å². The Labute approximate surface area is 103 Å². The second-order valence-electron chi connectivity index (χ2n) is 3.23. The zero-order chi connectivity index (χ0) is 11.4. The van der Waals surface area contributed by atoms with Gasteiger partial charge in [-0.3, -0.25) is 0 Å². The van der Waals surface area contributed by atoms with E-state index in [-0.39, 0.29) is 12.6 Å². The highest BCUT2D eigenvalue weighted by Crippen LogP contribution is 2.26. The summed E-state index contributed by atoms with van der Waals surface area (Å²) >= 11 is 7.53. The zero-order valence-corrected chi connectivity index (χ0v) is 10.0. The fourth-order valence-corrected chi connectivity index (χ4v) is 2.23. The molecule has 0 saturated carbocycles. The minimum absolute atomic E-state index is 0.0151. The van der Waals surface area contributed by atoms with E-state index in [2.05, 4.69) is 10.3 Å². The third-order valence-corrected chi connectivity index (χ3v) is 3.35. The van der Waals surface area contributed by atoms with E-state index in [0.717, 1.165) is 10.7 Å². The summed E-state index contributed by atoms with van der Waals surface area (Å²) in [5.41, 5.74) is 0.804. The van der Waals surface area contributed by atoms with E-state index in [1.165, 1.54) is 11.3 Å². The first-order valence-corrected chi connectivity index (χ1v) is 6.08. The number of rotatable bonds is 4. The molecule has 0 amide bonds. The fraction of sp³-hybridized carbons (Fsp3) is 0.182. The fourth-order valence-electron chi connectivity index (χ4n) is 1.36. The van der Waals surface area contributed by atoms with Gasteiger partial charge in [0.05, 0.1) is 17.3 Å². The summed E-state index contributed by atoms with van der Waals surface area (Å²) in [6.45, 7) is -0.0151. The molecule has 1 atom stereocenters. The van der Waals surface area contributed by atoms with Crippen LogP contribution in [-0.2, 0) is 0 Å². The van der Waals surface area contributed by atoms with Crippen molar-refractivity contribution in [2.75, 3.05) is 11.9 Å². The third kappa shape index (κ3) is 2.52. The molecule has 2 aromatic rings. The number of nitrogens with one attached hydrogen (secondary N) is 1. The van der Waals surface area contributed by atoms with Gasteiger partial charge in [0.2, 0.25) is 0 Å². The second kappa shape index (κ2) is 5.30. The van der Waals surface area contributed by atoms with Crippen molar-refractivity contribution in [1.29, 1.82) is 0 Å². The number of nitrogens with zero attached hydrogens (tertiary/aromatic N) is 1. The molecule has 0 radical (unpaired) electrons. The predicted molar refractivity (Wildman–Crippen MR) is 67.0 cm³/mol. The molecular weight excluding hydrogens is 244 g/mol. The van der Waals surface area contributed by atoms with E-state index in [1.54, 1.807) is 12.3 Å². The van der Waals surface area contributed by atoms with Gasteiger partial charge in [0.15, 0.2) is 0 Å². The summed E-state index contributed by atoms with van der Waals surface area (Å²) in [6, 6.07) is 7.23. The lowest BCUT2D eigenvalue weighted by Gasteiger charge is -2.15. The van der Waals surface area contributed by atoms with Crippen LogP contribution in [0.3, 0.4) is 0 Å². The minimum Gasteiger partial charge on any atom is -0.394 e. The van der Waals surface area contributed by atoms with Crippen LogP contribution in [0.25, 0.3) is 0 Å². The average molecular weight is 255 g/mol. The van der Waals surface area contributed by atoms with Crippen LogP contribution in [0.1, 0.15) is 11.0 Å². The Balaban J connectivity index is 2.17. The highest BCUT2D eigenvalue weighted by atomic mass is 35.5. The molecule has 0 spiro atoms. The number of aromatic nitrogens is 1. The van der Waals surface area contributed by atoms with E-state index in [9.17, 15) is 5.11 Å². The van der Waals surface area contributed by atoms with E-state index >= 15 is 0 Å². The summed E-state index contributed by atoms with van der Waals surface area (Å²) in [4.78, 5) is 4.17. The summed E-state index contributed by atoms with van der Waals surface area (Å²) in [5.74, 6) is 0. The van der Waals surface area contributed by atoms with Gasteiger partial charge in [-0.05, 0) is 12.1 Å². The molecule has 16 heavy (non-hydrogen) atoms. The maximum absolute atomic E-state index is 9.31. The lowest BCUT2D eigenvalue weighted by Crippen LogP contribution is -2.14. The van der Waals surface area contributed by atoms with Gasteiger partial charge < -0.3 is 10.4 Å². The van der Waals surface area contributed by atoms with Crippen molar-refractivity contribution in [3.63, 3.8) is 0 Å². The molecule has 5 heteroatoms. The van der Waals surface area contributed by atoms with Crippen LogP contribution in [0.2, 0.25) is 5.02 Å². The van der Waals surface area contributed by atoms with Crippen molar-refractivity contribution in [3.8, 4) is 0 Å². The van der Waals surface area contributed by atoms with Gasteiger partial charge in [-0.1, -0.05) is 23.7 Å². The van der Waals surface area contributed by atoms with Gasteiger partial charge in [-0.2, -0.15) is 0 Å². The molecule has 3 nitrogen and oxygen atoms in total. The van der Waals surface area contributed by atoms with Gasteiger partial charge in [-0.25, -0.2) is 4.98 Å². The number of benzene rings is 1. The van der Waals surface area contributed by atoms with Crippen LogP contribution < -0.4 is 5.32 Å². The Hall–Kier alpha value is -1.10. The number of hydrogen-bond donors (Lipinski definition) is 2. The topological polar surface area (TPSA) is 45.1 Å². The highest BCUT2D eigenvalue weighted by molar-refractivity contribution is 7.09. The van der Waals surface area contributed by atoms with Crippen molar-refractivity contribution in [3.05, 3.63) is 45.9 Å². The molecule has 1 aromatic carbocycles. The molecule has 1 aromatic heterocycles. The second-order valence-corrected chi connectivity index (χ2v) is 4.56. The number of hydrogen-bond acceptors (Lipinski definition) is 4. The van der Waals surface area contributed by atoms with Crippen molar-refractivity contribution in [2.24, 2.45) is 0 Å². The number of thiazole rings is 1. The van der Waals surface area contributed by atoms with E-state index in [4.69, 9.17) is 11.6 Å². The van der Waals surface area contributed by atoms with Gasteiger partial charge >= 0.3 is 0 Å². The molecule has 0 aliphatic rings. The van der Waals surface area contributed by atoms with Crippen LogP contribution >= 0.6 is 22.9 Å². The largest absolute Gasteiger partial charge is 0.394 e. The summed E-state index contributed by atoms with van der Waals surface area (Å²) in [6.07, 6.45) is 1.72. The predicted octanol–water partition coefficient (Wildman–Crippen LogP) is 2.94. The maximum Gasteiger partial charge on any atom is 0.117 e. The summed E-state index contributed by atoms with van der Waals surface area (Å²) in [5, 5.41) is 15.8. The molecule has 2 rings (SSSR count). The van der Waals surface area contributed by atoms with E-state index in [1.807, 2.05) is 23.6 Å². The lowest BCUT2D eigenvalue weighted by atomic mass is 10.2. The average Bonchev–Trinajstić information content (AvgIpc) is 2.81. The standard InChI is InChI=1S/C11H11ClN2OS/c12-8-3-1-2-4-9(8)14-10(7-15)11-13-5-6-16-11/h1-6,10,14-15H,7H2. The van der Waals surface area contributed by atoms with Gasteiger partial charge in [-0.15, -0.1) is 11.3 Å². The normalized spacial score (nSPS) is 12.4. The molecule has 0 aliphatic carbocycles. The van der Waals surface area contributed by atoms with Gasteiger partial charge in [0, 0.05) is 11.6 Å². The molecule has 1 heterocycles. The molecule has 0 fully saturated rings. The van der Waals surface area contributed by atoms with Crippen LogP contribution in [-0.4, -0.2) is 16.7 Å². The maximum atomic E-state index is 9.31. The SMILES string of the molecule is OCC(Nc1ccccc1Cl)c1nccs1. The van der Waals surface area contributed by atoms with Crippen molar-refractivity contribution >= 4 is 28.6 Å². The highest BCUT2D eigenvalue weighted by Gasteiger charge is 2.13. The van der Waals surface area contributed by atoms with Crippen LogP contribution in [0.4, 0.5) is 5.69 Å².